The van der Waals surface area contributed by atoms with Gasteiger partial charge in [0.2, 0.25) is 0 Å². The Kier molecular flexibility index (Phi) is 15.9. The monoisotopic (exact) mass is 555 g/mol. The SMILES string of the molecule is C=CCS(=O)(=O)CCCC(C)(C(=O)NO)S(=O)(=O)CC=C.COc1ccccc1.COc1ccccc1. The van der Waals surface area contributed by atoms with Gasteiger partial charge in [0.05, 0.1) is 31.5 Å². The van der Waals surface area contributed by atoms with Crippen LogP contribution in [0.4, 0.5) is 0 Å². The van der Waals surface area contributed by atoms with Crippen molar-refractivity contribution < 1.29 is 36.3 Å². The van der Waals surface area contributed by atoms with Gasteiger partial charge in [0, 0.05) is 0 Å². The Morgan fingerprint density at radius 2 is 1.32 bits per heavy atom. The van der Waals surface area contributed by atoms with Gasteiger partial charge in [-0.2, -0.15) is 0 Å². The second-order valence-electron chi connectivity index (χ2n) is 7.78. The molecule has 0 spiro atoms. The van der Waals surface area contributed by atoms with E-state index in [9.17, 15) is 21.6 Å². The lowest BCUT2D eigenvalue weighted by Crippen LogP contribution is -2.50. The number of ether oxygens (including phenoxy) is 2. The van der Waals surface area contributed by atoms with Crippen LogP contribution in [0.2, 0.25) is 0 Å². The summed E-state index contributed by atoms with van der Waals surface area (Å²) < 4.78 is 55.3. The highest BCUT2D eigenvalue weighted by Gasteiger charge is 2.45. The predicted molar refractivity (Wildman–Crippen MR) is 146 cm³/mol. The summed E-state index contributed by atoms with van der Waals surface area (Å²) in [6.07, 6.45) is 2.11. The predicted octanol–water partition coefficient (Wildman–Crippen LogP) is 3.62. The molecule has 2 rings (SSSR count). The van der Waals surface area contributed by atoms with Gasteiger partial charge in [-0.15, -0.1) is 13.2 Å². The molecule has 0 heterocycles. The number of sulfone groups is 2. The largest absolute Gasteiger partial charge is 0.497 e. The van der Waals surface area contributed by atoms with Gasteiger partial charge in [0.1, 0.15) is 16.2 Å². The summed E-state index contributed by atoms with van der Waals surface area (Å²) in [4.78, 5) is 11.7. The Morgan fingerprint density at radius 1 is 0.892 bits per heavy atom. The van der Waals surface area contributed by atoms with E-state index in [0.29, 0.717) is 0 Å². The standard InChI is InChI=1S/C12H21NO6S2.2C7H8O/c1-4-8-20(16,17)10-6-7-12(3,11(14)13-15)21(18,19)9-5-2;2*1-8-7-5-3-2-4-6-7/h4-5,15H,1-2,6-10H2,3H3,(H,13,14);2*2-6H,1H3. The first kappa shape index (κ1) is 33.8. The van der Waals surface area contributed by atoms with Crippen LogP contribution in [0.3, 0.4) is 0 Å². The van der Waals surface area contributed by atoms with Crippen molar-refractivity contribution in [3.8, 4) is 11.5 Å². The number of carbonyl (C=O) groups is 1. The number of methoxy groups -OCH3 is 2. The molecule has 11 heteroatoms. The molecular formula is C26H37NO8S2. The second kappa shape index (κ2) is 17.3. The highest BCUT2D eigenvalue weighted by atomic mass is 32.2. The molecule has 206 valence electrons. The molecule has 2 N–H and O–H groups in total. The highest BCUT2D eigenvalue weighted by molar-refractivity contribution is 7.93. The molecule has 0 aliphatic heterocycles. The topological polar surface area (TPSA) is 136 Å². The van der Waals surface area contributed by atoms with Gasteiger partial charge in [0.15, 0.2) is 19.7 Å². The van der Waals surface area contributed by atoms with Crippen molar-refractivity contribution >= 4 is 25.6 Å². The van der Waals surface area contributed by atoms with E-state index in [1.54, 1.807) is 14.2 Å². The maximum absolute atomic E-state index is 12.1. The van der Waals surface area contributed by atoms with Crippen molar-refractivity contribution in [1.29, 1.82) is 0 Å². The zero-order valence-corrected chi connectivity index (χ0v) is 23.1. The van der Waals surface area contributed by atoms with Crippen molar-refractivity contribution in [2.24, 2.45) is 0 Å². The first-order valence-electron chi connectivity index (χ1n) is 11.2. The summed E-state index contributed by atoms with van der Waals surface area (Å²) in [6, 6.07) is 19.4. The van der Waals surface area contributed by atoms with Crippen molar-refractivity contribution in [2.45, 2.75) is 24.5 Å². The molecule has 2 aromatic rings. The van der Waals surface area contributed by atoms with E-state index >= 15 is 0 Å². The lowest BCUT2D eigenvalue weighted by molar-refractivity contribution is -0.131. The molecule has 0 bridgehead atoms. The molecule has 1 atom stereocenters. The average molecular weight is 556 g/mol. The second-order valence-corrected chi connectivity index (χ2v) is 12.5. The lowest BCUT2D eigenvalue weighted by Gasteiger charge is -2.26. The molecule has 0 aliphatic rings. The molecule has 0 fully saturated rings. The molecule has 0 radical (unpaired) electrons. The first-order valence-corrected chi connectivity index (χ1v) is 14.7. The third-order valence-electron chi connectivity index (χ3n) is 5.04. The number of rotatable bonds is 12. The van der Waals surface area contributed by atoms with Crippen LogP contribution in [0.25, 0.3) is 0 Å². The van der Waals surface area contributed by atoms with E-state index in [4.69, 9.17) is 14.7 Å². The highest BCUT2D eigenvalue weighted by Crippen LogP contribution is 2.25. The van der Waals surface area contributed by atoms with Gasteiger partial charge in [-0.25, -0.2) is 22.3 Å². The van der Waals surface area contributed by atoms with Crippen LogP contribution in [-0.2, 0) is 24.5 Å². The molecular weight excluding hydrogens is 518 g/mol. The van der Waals surface area contributed by atoms with Crippen molar-refractivity contribution in [1.82, 2.24) is 5.48 Å². The molecule has 37 heavy (non-hydrogen) atoms. The molecule has 2 aromatic carbocycles. The maximum atomic E-state index is 12.1. The summed E-state index contributed by atoms with van der Waals surface area (Å²) in [5.41, 5.74) is 1.32. The van der Waals surface area contributed by atoms with E-state index in [1.165, 1.54) is 11.6 Å². The Hall–Kier alpha value is -3.15. The average Bonchev–Trinajstić information content (AvgIpc) is 2.89. The molecule has 0 saturated heterocycles. The van der Waals surface area contributed by atoms with E-state index in [1.807, 2.05) is 60.7 Å². The van der Waals surface area contributed by atoms with Gasteiger partial charge in [-0.3, -0.25) is 10.0 Å². The summed E-state index contributed by atoms with van der Waals surface area (Å²) >= 11 is 0. The van der Waals surface area contributed by atoms with Gasteiger partial charge in [-0.05, 0) is 44.0 Å². The number of hydrogen-bond donors (Lipinski definition) is 2. The van der Waals surface area contributed by atoms with Crippen LogP contribution < -0.4 is 15.0 Å². The third-order valence-corrected chi connectivity index (χ3v) is 9.14. The molecule has 1 unspecified atom stereocenters. The van der Waals surface area contributed by atoms with Gasteiger partial charge in [-0.1, -0.05) is 48.6 Å². The Labute approximate surface area is 220 Å². The van der Waals surface area contributed by atoms with E-state index in [-0.39, 0.29) is 24.3 Å². The minimum atomic E-state index is -3.92. The summed E-state index contributed by atoms with van der Waals surface area (Å²) in [5.74, 6) is -0.201. The van der Waals surface area contributed by atoms with E-state index in [2.05, 4.69) is 13.2 Å². The van der Waals surface area contributed by atoms with Crippen LogP contribution >= 0.6 is 0 Å². The van der Waals surface area contributed by atoms with Crippen molar-refractivity contribution in [3.63, 3.8) is 0 Å². The fourth-order valence-corrected chi connectivity index (χ4v) is 5.44. The number of carbonyl (C=O) groups excluding carboxylic acids is 1. The summed E-state index contributed by atoms with van der Waals surface area (Å²) in [7, 11) is -3.97. The fourth-order valence-electron chi connectivity index (χ4n) is 2.87. The van der Waals surface area contributed by atoms with Crippen molar-refractivity contribution in [2.75, 3.05) is 31.5 Å². The smallest absolute Gasteiger partial charge is 0.264 e. The molecule has 1 amide bonds. The summed E-state index contributed by atoms with van der Waals surface area (Å²) in [5, 5.41) is 8.72. The quantitative estimate of drug-likeness (QED) is 0.230. The van der Waals surface area contributed by atoms with Gasteiger partial charge < -0.3 is 9.47 Å². The minimum absolute atomic E-state index is 0.0313. The van der Waals surface area contributed by atoms with Crippen LogP contribution in [-0.4, -0.2) is 64.2 Å². The summed E-state index contributed by atoms with van der Waals surface area (Å²) in [6.45, 7) is 7.78. The third kappa shape index (κ3) is 12.6. The number of nitrogens with one attached hydrogen (secondary N) is 1. The van der Waals surface area contributed by atoms with Crippen LogP contribution in [0.5, 0.6) is 11.5 Å². The lowest BCUT2D eigenvalue weighted by atomic mass is 10.0. The van der Waals surface area contributed by atoms with E-state index in [0.717, 1.165) is 24.5 Å². The van der Waals surface area contributed by atoms with Crippen molar-refractivity contribution in [3.05, 3.63) is 86.0 Å². The number of hydrogen-bond acceptors (Lipinski definition) is 8. The Balaban J connectivity index is 0.000000649. The van der Waals surface area contributed by atoms with Gasteiger partial charge >= 0.3 is 0 Å². The number of benzene rings is 2. The zero-order valence-electron chi connectivity index (χ0n) is 21.5. The van der Waals surface area contributed by atoms with Gasteiger partial charge in [0.25, 0.3) is 5.91 Å². The van der Waals surface area contributed by atoms with Crippen LogP contribution in [0, 0.1) is 0 Å². The molecule has 0 aromatic heterocycles. The van der Waals surface area contributed by atoms with Crippen LogP contribution in [0.15, 0.2) is 86.0 Å². The Morgan fingerprint density at radius 3 is 1.65 bits per heavy atom. The number of hydroxylamine groups is 1. The fraction of sp³-hybridized carbons (Fsp3) is 0.346. The van der Waals surface area contributed by atoms with E-state index < -0.39 is 36.1 Å². The zero-order chi connectivity index (χ0) is 28.4. The molecule has 0 aliphatic carbocycles. The maximum Gasteiger partial charge on any atom is 0.264 e. The Bertz CT molecular complexity index is 1110. The molecule has 0 saturated carbocycles. The molecule has 9 nitrogen and oxygen atoms in total. The minimum Gasteiger partial charge on any atom is -0.497 e. The number of para-hydroxylation sites is 2. The van der Waals surface area contributed by atoms with Crippen LogP contribution in [0.1, 0.15) is 19.8 Å². The number of amides is 1. The first-order chi connectivity index (χ1) is 17.4. The normalized spacial score (nSPS) is 12.2.